The van der Waals surface area contributed by atoms with Gasteiger partial charge in [0.2, 0.25) is 6.43 Å². The van der Waals surface area contributed by atoms with E-state index in [0.717, 1.165) is 0 Å². The van der Waals surface area contributed by atoms with Gasteiger partial charge < -0.3 is 10.8 Å². The van der Waals surface area contributed by atoms with Crippen LogP contribution >= 0.6 is 0 Å². The van der Waals surface area contributed by atoms with Crippen LogP contribution in [0.5, 0.6) is 5.75 Å². The van der Waals surface area contributed by atoms with Gasteiger partial charge in [-0.1, -0.05) is 12.1 Å². The highest BCUT2D eigenvalue weighted by Crippen LogP contribution is 2.27. The number of aromatic hydroxyl groups is 1. The number of rotatable bonds is 3. The summed E-state index contributed by atoms with van der Waals surface area (Å²) in [5.74, 6) is 0.197. The van der Waals surface area contributed by atoms with E-state index in [1.165, 1.54) is 0 Å². The Bertz CT molecular complexity index is 329. The third kappa shape index (κ3) is 2.89. The average Bonchev–Trinajstić information content (AvgIpc) is 2.12. The second kappa shape index (κ2) is 4.57. The molecule has 0 unspecified atom stereocenters. The van der Waals surface area contributed by atoms with E-state index in [4.69, 9.17) is 5.73 Å². The molecule has 1 atom stereocenters. The number of halogens is 2. The first-order valence-corrected chi connectivity index (χ1v) is 4.75. The minimum Gasteiger partial charge on any atom is -0.507 e. The zero-order chi connectivity index (χ0) is 11.6. The summed E-state index contributed by atoms with van der Waals surface area (Å²) in [5, 5.41) is 9.51. The third-order valence-electron chi connectivity index (χ3n) is 2.37. The maximum absolute atomic E-state index is 12.1. The fourth-order valence-electron chi connectivity index (χ4n) is 1.53. The van der Waals surface area contributed by atoms with Crippen molar-refractivity contribution in [3.05, 3.63) is 28.8 Å². The molecule has 2 nitrogen and oxygen atoms in total. The molecular weight excluding hydrogens is 200 g/mol. The summed E-state index contributed by atoms with van der Waals surface area (Å²) >= 11 is 0. The lowest BCUT2D eigenvalue weighted by molar-refractivity contribution is 0.128. The summed E-state index contributed by atoms with van der Waals surface area (Å²) < 4.78 is 24.2. The highest BCUT2D eigenvalue weighted by molar-refractivity contribution is 5.43. The lowest BCUT2D eigenvalue weighted by Crippen LogP contribution is -2.14. The van der Waals surface area contributed by atoms with Crippen molar-refractivity contribution in [2.75, 3.05) is 0 Å². The standard InChI is InChI=1S/C11H15F2NO/c1-6-3-8(4-7(2)11(6)15)9(14)5-10(12)13/h3-4,9-10,15H,5,14H2,1-2H3/t9-/m0/s1. The number of hydrogen-bond acceptors (Lipinski definition) is 2. The molecular formula is C11H15F2NO. The van der Waals surface area contributed by atoms with Crippen molar-refractivity contribution >= 4 is 0 Å². The molecule has 0 heterocycles. The van der Waals surface area contributed by atoms with Crippen molar-refractivity contribution in [1.82, 2.24) is 0 Å². The fourth-order valence-corrected chi connectivity index (χ4v) is 1.53. The number of benzene rings is 1. The van der Waals surface area contributed by atoms with Crippen LogP contribution in [0.1, 0.15) is 29.2 Å². The van der Waals surface area contributed by atoms with Crippen LogP contribution in [0.4, 0.5) is 8.78 Å². The van der Waals surface area contributed by atoms with Gasteiger partial charge in [-0.25, -0.2) is 8.78 Å². The van der Waals surface area contributed by atoms with Gasteiger partial charge in [0.15, 0.2) is 0 Å². The molecule has 0 radical (unpaired) electrons. The summed E-state index contributed by atoms with van der Waals surface area (Å²) in [6, 6.07) is 2.62. The Balaban J connectivity index is 2.95. The smallest absolute Gasteiger partial charge is 0.240 e. The molecule has 4 heteroatoms. The van der Waals surface area contributed by atoms with Crippen molar-refractivity contribution in [2.45, 2.75) is 32.7 Å². The van der Waals surface area contributed by atoms with Gasteiger partial charge in [0.1, 0.15) is 5.75 Å². The van der Waals surface area contributed by atoms with E-state index in [1.807, 2.05) is 0 Å². The van der Waals surface area contributed by atoms with Crippen molar-refractivity contribution in [3.8, 4) is 5.75 Å². The van der Waals surface area contributed by atoms with Gasteiger partial charge in [0, 0.05) is 12.5 Å². The summed E-state index contributed by atoms with van der Waals surface area (Å²) in [6.07, 6.45) is -2.77. The van der Waals surface area contributed by atoms with Crippen molar-refractivity contribution < 1.29 is 13.9 Å². The summed E-state index contributed by atoms with van der Waals surface area (Å²) in [6.45, 7) is 3.45. The highest BCUT2D eigenvalue weighted by Gasteiger charge is 2.14. The average molecular weight is 215 g/mol. The predicted octanol–water partition coefficient (Wildman–Crippen LogP) is 2.66. The Labute approximate surface area is 87.7 Å². The Hall–Kier alpha value is -1.16. The molecule has 1 rings (SSSR count). The molecule has 84 valence electrons. The van der Waals surface area contributed by atoms with Crippen molar-refractivity contribution in [1.29, 1.82) is 0 Å². The maximum Gasteiger partial charge on any atom is 0.240 e. The molecule has 0 fully saturated rings. The first kappa shape index (κ1) is 11.9. The number of alkyl halides is 2. The van der Waals surface area contributed by atoms with Gasteiger partial charge in [-0.15, -0.1) is 0 Å². The number of phenolic OH excluding ortho intramolecular Hbond substituents is 1. The summed E-state index contributed by atoms with van der Waals surface area (Å²) in [7, 11) is 0. The summed E-state index contributed by atoms with van der Waals surface area (Å²) in [5.41, 5.74) is 7.59. The van der Waals surface area contributed by atoms with E-state index >= 15 is 0 Å². The van der Waals surface area contributed by atoms with Crippen LogP contribution in [-0.2, 0) is 0 Å². The maximum atomic E-state index is 12.1. The first-order valence-electron chi connectivity index (χ1n) is 4.75. The molecule has 0 spiro atoms. The Morgan fingerprint density at radius 3 is 2.13 bits per heavy atom. The first-order chi connectivity index (χ1) is 6.91. The largest absolute Gasteiger partial charge is 0.507 e. The fraction of sp³-hybridized carbons (Fsp3) is 0.455. The number of phenols is 1. The molecule has 0 aliphatic heterocycles. The van der Waals surface area contributed by atoms with Crippen LogP contribution in [-0.4, -0.2) is 11.5 Å². The minimum atomic E-state index is -2.41. The van der Waals surface area contributed by atoms with Crippen molar-refractivity contribution in [2.24, 2.45) is 5.73 Å². The van der Waals surface area contributed by atoms with Gasteiger partial charge >= 0.3 is 0 Å². The highest BCUT2D eigenvalue weighted by atomic mass is 19.3. The zero-order valence-electron chi connectivity index (χ0n) is 8.80. The van der Waals surface area contributed by atoms with E-state index in [9.17, 15) is 13.9 Å². The number of hydrogen-bond donors (Lipinski definition) is 2. The quantitative estimate of drug-likeness (QED) is 0.814. The molecule has 1 aromatic rings. The topological polar surface area (TPSA) is 46.2 Å². The van der Waals surface area contributed by atoms with Crippen LogP contribution in [0.3, 0.4) is 0 Å². The second-order valence-corrected chi connectivity index (χ2v) is 3.74. The van der Waals surface area contributed by atoms with Gasteiger partial charge in [0.05, 0.1) is 0 Å². The van der Waals surface area contributed by atoms with Crippen LogP contribution in [0, 0.1) is 13.8 Å². The van der Waals surface area contributed by atoms with Crippen LogP contribution in [0.2, 0.25) is 0 Å². The molecule has 15 heavy (non-hydrogen) atoms. The Morgan fingerprint density at radius 1 is 1.27 bits per heavy atom. The number of nitrogens with two attached hydrogens (primary N) is 1. The molecule has 0 amide bonds. The molecule has 0 bridgehead atoms. The van der Waals surface area contributed by atoms with E-state index in [-0.39, 0.29) is 12.2 Å². The second-order valence-electron chi connectivity index (χ2n) is 3.74. The molecule has 1 aromatic carbocycles. The van der Waals surface area contributed by atoms with Crippen LogP contribution in [0.15, 0.2) is 12.1 Å². The van der Waals surface area contributed by atoms with Crippen LogP contribution in [0.25, 0.3) is 0 Å². The predicted molar refractivity (Wildman–Crippen MR) is 55.1 cm³/mol. The molecule has 0 saturated heterocycles. The third-order valence-corrected chi connectivity index (χ3v) is 2.37. The lowest BCUT2D eigenvalue weighted by Gasteiger charge is -2.14. The van der Waals surface area contributed by atoms with Gasteiger partial charge in [-0.3, -0.25) is 0 Å². The van der Waals surface area contributed by atoms with E-state index in [1.54, 1.807) is 26.0 Å². The van der Waals surface area contributed by atoms with E-state index in [0.29, 0.717) is 16.7 Å². The molecule has 0 aliphatic carbocycles. The van der Waals surface area contributed by atoms with E-state index < -0.39 is 12.5 Å². The Kier molecular flexibility index (Phi) is 3.63. The Morgan fingerprint density at radius 2 is 1.73 bits per heavy atom. The van der Waals surface area contributed by atoms with Gasteiger partial charge in [-0.05, 0) is 30.5 Å². The minimum absolute atomic E-state index is 0.197. The normalized spacial score (nSPS) is 13.2. The molecule has 3 N–H and O–H groups in total. The van der Waals surface area contributed by atoms with Crippen LogP contribution < -0.4 is 5.73 Å². The van der Waals surface area contributed by atoms with Gasteiger partial charge in [-0.2, -0.15) is 0 Å². The SMILES string of the molecule is Cc1cc([C@@H](N)CC(F)F)cc(C)c1O. The lowest BCUT2D eigenvalue weighted by atomic mass is 9.99. The van der Waals surface area contributed by atoms with Crippen molar-refractivity contribution in [3.63, 3.8) is 0 Å². The number of aryl methyl sites for hydroxylation is 2. The molecule has 0 aromatic heterocycles. The summed E-state index contributed by atoms with van der Waals surface area (Å²) in [4.78, 5) is 0. The van der Waals surface area contributed by atoms with Gasteiger partial charge in [0.25, 0.3) is 0 Å². The molecule has 0 aliphatic rings. The zero-order valence-corrected chi connectivity index (χ0v) is 8.80. The monoisotopic (exact) mass is 215 g/mol. The molecule has 0 saturated carbocycles. The van der Waals surface area contributed by atoms with E-state index in [2.05, 4.69) is 0 Å².